The minimum Gasteiger partial charge on any atom is -0.466 e. The molecule has 3 fully saturated rings. The third-order valence-electron chi connectivity index (χ3n) is 5.42. The standard InChI is InChI=1S/C17H27N3O4/c1-2-24-14(21)13-7-6-10-19(11-13)12-20-15(22)17(18-16(20)23)8-4-3-5-9-17/h13H,2-12H2,1H3,(H,18,23)/t13-/m1/s1. The molecule has 1 aliphatic carbocycles. The van der Waals surface area contributed by atoms with Gasteiger partial charge in [-0.3, -0.25) is 14.5 Å². The van der Waals surface area contributed by atoms with E-state index in [1.807, 2.05) is 4.90 Å². The first-order chi connectivity index (χ1) is 11.6. The van der Waals surface area contributed by atoms with Crippen molar-refractivity contribution in [2.75, 3.05) is 26.4 Å². The lowest BCUT2D eigenvalue weighted by atomic mass is 9.82. The van der Waals surface area contributed by atoms with Gasteiger partial charge >= 0.3 is 12.0 Å². The quantitative estimate of drug-likeness (QED) is 0.621. The number of piperidine rings is 1. The Hall–Kier alpha value is -1.63. The second kappa shape index (κ2) is 7.09. The predicted octanol–water partition coefficient (Wildman–Crippen LogP) is 1.47. The maximum atomic E-state index is 12.8. The Kier molecular flexibility index (Phi) is 5.08. The molecule has 1 saturated carbocycles. The topological polar surface area (TPSA) is 79.0 Å². The maximum absolute atomic E-state index is 12.8. The van der Waals surface area contributed by atoms with Crippen molar-refractivity contribution in [1.29, 1.82) is 0 Å². The molecule has 2 aliphatic heterocycles. The number of amides is 3. The van der Waals surface area contributed by atoms with Crippen LogP contribution in [0.4, 0.5) is 4.79 Å². The summed E-state index contributed by atoms with van der Waals surface area (Å²) in [6, 6.07) is -0.292. The van der Waals surface area contributed by atoms with E-state index in [0.29, 0.717) is 13.2 Å². The van der Waals surface area contributed by atoms with Gasteiger partial charge in [0, 0.05) is 6.54 Å². The fourth-order valence-corrected chi connectivity index (χ4v) is 4.14. The van der Waals surface area contributed by atoms with Crippen molar-refractivity contribution >= 4 is 17.9 Å². The van der Waals surface area contributed by atoms with E-state index >= 15 is 0 Å². The summed E-state index contributed by atoms with van der Waals surface area (Å²) in [6.07, 6.45) is 6.23. The Labute approximate surface area is 142 Å². The van der Waals surface area contributed by atoms with E-state index in [9.17, 15) is 14.4 Å². The van der Waals surface area contributed by atoms with Gasteiger partial charge in [0.15, 0.2) is 0 Å². The molecule has 7 nitrogen and oxygen atoms in total. The number of esters is 1. The lowest BCUT2D eigenvalue weighted by Gasteiger charge is -2.34. The van der Waals surface area contributed by atoms with Crippen LogP contribution < -0.4 is 5.32 Å². The van der Waals surface area contributed by atoms with Crippen LogP contribution in [-0.2, 0) is 14.3 Å². The van der Waals surface area contributed by atoms with Crippen LogP contribution in [0.2, 0.25) is 0 Å². The van der Waals surface area contributed by atoms with Gasteiger partial charge in [-0.15, -0.1) is 0 Å². The summed E-state index contributed by atoms with van der Waals surface area (Å²) in [7, 11) is 0. The molecule has 3 aliphatic rings. The smallest absolute Gasteiger partial charge is 0.326 e. The third-order valence-corrected chi connectivity index (χ3v) is 5.42. The molecule has 0 unspecified atom stereocenters. The van der Waals surface area contributed by atoms with E-state index in [1.54, 1.807) is 6.92 Å². The highest BCUT2D eigenvalue weighted by atomic mass is 16.5. The van der Waals surface area contributed by atoms with E-state index in [0.717, 1.165) is 51.5 Å². The molecule has 0 aromatic heterocycles. The number of imide groups is 1. The summed E-state index contributed by atoms with van der Waals surface area (Å²) < 4.78 is 5.11. The summed E-state index contributed by atoms with van der Waals surface area (Å²) in [5, 5.41) is 2.93. The van der Waals surface area contributed by atoms with Crippen LogP contribution in [0.15, 0.2) is 0 Å². The lowest BCUT2D eigenvalue weighted by molar-refractivity contribution is -0.150. The summed E-state index contributed by atoms with van der Waals surface area (Å²) in [5.41, 5.74) is -0.675. The molecule has 2 heterocycles. The van der Waals surface area contributed by atoms with Crippen molar-refractivity contribution in [3.63, 3.8) is 0 Å². The minimum atomic E-state index is -0.675. The average Bonchev–Trinajstić information content (AvgIpc) is 2.80. The van der Waals surface area contributed by atoms with Gasteiger partial charge in [0.05, 0.1) is 19.2 Å². The molecule has 2 saturated heterocycles. The number of nitrogens with one attached hydrogen (secondary N) is 1. The number of hydrogen-bond donors (Lipinski definition) is 1. The third kappa shape index (κ3) is 3.27. The van der Waals surface area contributed by atoms with E-state index < -0.39 is 5.54 Å². The Morgan fingerprint density at radius 2 is 2.00 bits per heavy atom. The first-order valence-electron chi connectivity index (χ1n) is 9.09. The molecule has 3 rings (SSSR count). The fourth-order valence-electron chi connectivity index (χ4n) is 4.14. The molecule has 1 spiro atoms. The number of hydrogen-bond acceptors (Lipinski definition) is 5. The number of likely N-dealkylation sites (tertiary alicyclic amines) is 1. The van der Waals surface area contributed by atoms with Crippen LogP contribution in [0.5, 0.6) is 0 Å². The Balaban J connectivity index is 1.62. The summed E-state index contributed by atoms with van der Waals surface area (Å²) in [5.74, 6) is -0.434. The van der Waals surface area contributed by atoms with Gasteiger partial charge in [0.1, 0.15) is 5.54 Å². The highest BCUT2D eigenvalue weighted by molar-refractivity contribution is 6.07. The molecule has 134 valence electrons. The molecular formula is C17H27N3O4. The second-order valence-corrected chi connectivity index (χ2v) is 7.12. The van der Waals surface area contributed by atoms with Gasteiger partial charge in [0.25, 0.3) is 5.91 Å². The number of carbonyl (C=O) groups excluding carboxylic acids is 3. The number of urea groups is 1. The molecule has 0 aromatic carbocycles. The van der Waals surface area contributed by atoms with Gasteiger partial charge in [-0.05, 0) is 39.2 Å². The summed E-state index contributed by atoms with van der Waals surface area (Å²) in [6.45, 7) is 3.78. The molecule has 0 aromatic rings. The molecule has 3 amide bonds. The second-order valence-electron chi connectivity index (χ2n) is 7.12. The molecule has 0 bridgehead atoms. The van der Waals surface area contributed by atoms with Crippen molar-refractivity contribution in [3.05, 3.63) is 0 Å². The van der Waals surface area contributed by atoms with Gasteiger partial charge in [-0.2, -0.15) is 0 Å². The van der Waals surface area contributed by atoms with Crippen LogP contribution in [-0.4, -0.2) is 59.6 Å². The van der Waals surface area contributed by atoms with E-state index in [-0.39, 0.29) is 30.5 Å². The van der Waals surface area contributed by atoms with Crippen molar-refractivity contribution in [2.45, 2.75) is 57.4 Å². The molecule has 24 heavy (non-hydrogen) atoms. The van der Waals surface area contributed by atoms with Gasteiger partial charge in [-0.1, -0.05) is 19.3 Å². The van der Waals surface area contributed by atoms with E-state index in [1.165, 1.54) is 4.90 Å². The van der Waals surface area contributed by atoms with Crippen LogP contribution in [0.1, 0.15) is 51.9 Å². The van der Waals surface area contributed by atoms with Gasteiger partial charge in [-0.25, -0.2) is 9.69 Å². The zero-order valence-electron chi connectivity index (χ0n) is 14.4. The Bertz CT molecular complexity index is 516. The number of rotatable bonds is 4. The van der Waals surface area contributed by atoms with Crippen LogP contribution in [0.3, 0.4) is 0 Å². The normalized spacial score (nSPS) is 27.4. The lowest BCUT2D eigenvalue weighted by Crippen LogP contribution is -2.50. The van der Waals surface area contributed by atoms with Crippen molar-refractivity contribution in [3.8, 4) is 0 Å². The zero-order chi connectivity index (χ0) is 17.2. The number of ether oxygens (including phenoxy) is 1. The van der Waals surface area contributed by atoms with Crippen molar-refractivity contribution in [1.82, 2.24) is 15.1 Å². The molecule has 7 heteroatoms. The predicted molar refractivity (Wildman–Crippen MR) is 87.0 cm³/mol. The monoisotopic (exact) mass is 337 g/mol. The fraction of sp³-hybridized carbons (Fsp3) is 0.824. The molecule has 0 radical (unpaired) electrons. The number of carbonyl (C=O) groups is 3. The largest absolute Gasteiger partial charge is 0.466 e. The van der Waals surface area contributed by atoms with E-state index in [4.69, 9.17) is 4.74 Å². The highest BCUT2D eigenvalue weighted by Gasteiger charge is 2.51. The minimum absolute atomic E-state index is 0.0922. The molecular weight excluding hydrogens is 310 g/mol. The maximum Gasteiger partial charge on any atom is 0.326 e. The SMILES string of the molecule is CCOC(=O)[C@@H]1CCCN(CN2C(=O)NC3(CCCCC3)C2=O)C1. The van der Waals surface area contributed by atoms with E-state index in [2.05, 4.69) is 5.32 Å². The van der Waals surface area contributed by atoms with Crippen LogP contribution in [0.25, 0.3) is 0 Å². The van der Waals surface area contributed by atoms with Crippen molar-refractivity contribution in [2.24, 2.45) is 5.92 Å². The zero-order valence-corrected chi connectivity index (χ0v) is 14.4. The van der Waals surface area contributed by atoms with Crippen molar-refractivity contribution < 1.29 is 19.1 Å². The Morgan fingerprint density at radius 1 is 1.25 bits per heavy atom. The Morgan fingerprint density at radius 3 is 2.71 bits per heavy atom. The van der Waals surface area contributed by atoms with Gasteiger partial charge in [0.2, 0.25) is 0 Å². The first kappa shape index (κ1) is 17.2. The van der Waals surface area contributed by atoms with Gasteiger partial charge < -0.3 is 10.1 Å². The summed E-state index contributed by atoms with van der Waals surface area (Å²) in [4.78, 5) is 40.4. The molecule has 1 atom stereocenters. The summed E-state index contributed by atoms with van der Waals surface area (Å²) >= 11 is 0. The average molecular weight is 337 g/mol. The number of nitrogens with zero attached hydrogens (tertiary/aromatic N) is 2. The molecule has 1 N–H and O–H groups in total. The first-order valence-corrected chi connectivity index (χ1v) is 9.09. The highest BCUT2D eigenvalue weighted by Crippen LogP contribution is 2.34. The van der Waals surface area contributed by atoms with Crippen LogP contribution >= 0.6 is 0 Å². The van der Waals surface area contributed by atoms with Crippen LogP contribution in [0, 0.1) is 5.92 Å².